The Balaban J connectivity index is 2.06. The number of carboxylic acid groups (broad SMARTS) is 1. The minimum absolute atomic E-state index is 0.115. The Morgan fingerprint density at radius 1 is 1.24 bits per heavy atom. The first kappa shape index (κ1) is 15.0. The van der Waals surface area contributed by atoms with E-state index in [9.17, 15) is 9.59 Å². The number of aryl methyl sites for hydroxylation is 1. The van der Waals surface area contributed by atoms with E-state index in [1.54, 1.807) is 24.3 Å². The van der Waals surface area contributed by atoms with Crippen molar-refractivity contribution < 1.29 is 14.7 Å². The van der Waals surface area contributed by atoms with Crippen LogP contribution in [-0.4, -0.2) is 17.0 Å². The third-order valence-electron chi connectivity index (χ3n) is 2.92. The number of hydrogen-bond donors (Lipinski definition) is 2. The summed E-state index contributed by atoms with van der Waals surface area (Å²) >= 11 is 1.43. The van der Waals surface area contributed by atoms with Crippen molar-refractivity contribution in [1.82, 2.24) is 0 Å². The van der Waals surface area contributed by atoms with Gasteiger partial charge in [0.1, 0.15) is 0 Å². The van der Waals surface area contributed by atoms with E-state index in [-0.39, 0.29) is 5.91 Å². The molecule has 0 radical (unpaired) electrons. The van der Waals surface area contributed by atoms with Crippen LogP contribution in [0.4, 0.5) is 5.69 Å². The van der Waals surface area contributed by atoms with Crippen LogP contribution in [0, 0.1) is 0 Å². The maximum absolute atomic E-state index is 12.2. The zero-order valence-electron chi connectivity index (χ0n) is 11.5. The van der Waals surface area contributed by atoms with E-state index in [1.165, 1.54) is 17.4 Å². The number of rotatable bonds is 5. The van der Waals surface area contributed by atoms with Crippen LogP contribution < -0.4 is 5.32 Å². The fraction of sp³-hybridized carbons (Fsp3) is 0.125. The molecule has 0 unspecified atom stereocenters. The first-order valence-corrected chi connectivity index (χ1v) is 7.37. The lowest BCUT2D eigenvalue weighted by atomic mass is 10.1. The van der Waals surface area contributed by atoms with E-state index in [4.69, 9.17) is 5.11 Å². The highest BCUT2D eigenvalue weighted by atomic mass is 32.1. The number of aliphatic carboxylic acids is 1. The summed E-state index contributed by atoms with van der Waals surface area (Å²) in [5.41, 5.74) is 2.49. The van der Waals surface area contributed by atoms with Crippen LogP contribution in [0.1, 0.15) is 27.7 Å². The highest BCUT2D eigenvalue weighted by Gasteiger charge is 2.11. The van der Waals surface area contributed by atoms with Crippen LogP contribution >= 0.6 is 11.3 Å². The monoisotopic (exact) mass is 301 g/mol. The highest BCUT2D eigenvalue weighted by Crippen LogP contribution is 2.19. The van der Waals surface area contributed by atoms with Gasteiger partial charge >= 0.3 is 5.97 Å². The first-order chi connectivity index (χ1) is 10.1. The van der Waals surface area contributed by atoms with Crippen LogP contribution in [0.3, 0.4) is 0 Å². The molecule has 0 aliphatic carbocycles. The molecule has 4 nitrogen and oxygen atoms in total. The average Bonchev–Trinajstić information content (AvgIpc) is 2.95. The molecule has 1 aromatic heterocycles. The minimum atomic E-state index is -0.989. The number of amides is 1. The van der Waals surface area contributed by atoms with Crippen LogP contribution in [0.25, 0.3) is 6.08 Å². The summed E-state index contributed by atoms with van der Waals surface area (Å²) < 4.78 is 0. The highest BCUT2D eigenvalue weighted by molar-refractivity contribution is 7.12. The van der Waals surface area contributed by atoms with Crippen molar-refractivity contribution in [3.63, 3.8) is 0 Å². The van der Waals surface area contributed by atoms with E-state index < -0.39 is 5.97 Å². The van der Waals surface area contributed by atoms with E-state index in [0.29, 0.717) is 5.69 Å². The second-order valence-electron chi connectivity index (χ2n) is 4.38. The van der Waals surface area contributed by atoms with Crippen molar-refractivity contribution in [2.75, 3.05) is 5.32 Å². The molecule has 21 heavy (non-hydrogen) atoms. The van der Waals surface area contributed by atoms with Gasteiger partial charge < -0.3 is 10.4 Å². The summed E-state index contributed by atoms with van der Waals surface area (Å²) in [7, 11) is 0. The Bertz CT molecular complexity index is 671. The van der Waals surface area contributed by atoms with Gasteiger partial charge in [-0.2, -0.15) is 0 Å². The predicted octanol–water partition coefficient (Wildman–Crippen LogP) is 3.66. The van der Waals surface area contributed by atoms with Crippen molar-refractivity contribution in [1.29, 1.82) is 0 Å². The molecule has 1 aromatic carbocycles. The summed E-state index contributed by atoms with van der Waals surface area (Å²) in [4.78, 5) is 23.3. The van der Waals surface area contributed by atoms with Gasteiger partial charge in [0.05, 0.1) is 4.88 Å². The molecule has 108 valence electrons. The third kappa shape index (κ3) is 4.03. The Morgan fingerprint density at radius 3 is 2.57 bits per heavy atom. The molecule has 0 saturated carbocycles. The van der Waals surface area contributed by atoms with Crippen molar-refractivity contribution in [3.8, 4) is 0 Å². The summed E-state index contributed by atoms with van der Waals surface area (Å²) in [6.07, 6.45) is 3.40. The lowest BCUT2D eigenvalue weighted by molar-refractivity contribution is -0.131. The Labute approximate surface area is 126 Å². The summed E-state index contributed by atoms with van der Waals surface area (Å²) in [5, 5.41) is 13.3. The second-order valence-corrected chi connectivity index (χ2v) is 5.29. The number of anilines is 1. The molecule has 0 bridgehead atoms. The van der Waals surface area contributed by atoms with Gasteiger partial charge in [-0.3, -0.25) is 4.79 Å². The van der Waals surface area contributed by atoms with E-state index in [0.717, 1.165) is 28.5 Å². The van der Waals surface area contributed by atoms with Crippen LogP contribution in [0.15, 0.2) is 41.8 Å². The summed E-state index contributed by atoms with van der Waals surface area (Å²) in [5.74, 6) is -1.10. The molecule has 0 fully saturated rings. The van der Waals surface area contributed by atoms with Crippen LogP contribution in [0.2, 0.25) is 0 Å². The van der Waals surface area contributed by atoms with E-state index in [1.807, 2.05) is 18.4 Å². The van der Waals surface area contributed by atoms with Crippen LogP contribution in [-0.2, 0) is 11.2 Å². The molecule has 0 spiro atoms. The maximum Gasteiger partial charge on any atom is 0.328 e. The number of thiophene rings is 1. The largest absolute Gasteiger partial charge is 0.478 e. The molecule has 0 saturated heterocycles. The normalized spacial score (nSPS) is 10.7. The molecular weight excluding hydrogens is 286 g/mol. The van der Waals surface area contributed by atoms with Gasteiger partial charge in [-0.15, -0.1) is 11.3 Å². The van der Waals surface area contributed by atoms with Crippen molar-refractivity contribution >= 4 is 35.0 Å². The zero-order valence-corrected chi connectivity index (χ0v) is 12.3. The van der Waals surface area contributed by atoms with E-state index >= 15 is 0 Å². The van der Waals surface area contributed by atoms with Crippen LogP contribution in [0.5, 0.6) is 0 Å². The van der Waals surface area contributed by atoms with Crippen molar-refractivity contribution in [2.24, 2.45) is 0 Å². The molecule has 1 amide bonds. The average molecular weight is 301 g/mol. The molecule has 0 aliphatic rings. The van der Waals surface area contributed by atoms with Gasteiger partial charge in [0.25, 0.3) is 5.91 Å². The van der Waals surface area contributed by atoms with Gasteiger partial charge in [-0.05, 0) is 47.2 Å². The van der Waals surface area contributed by atoms with Gasteiger partial charge in [-0.25, -0.2) is 4.79 Å². The predicted molar refractivity (Wildman–Crippen MR) is 84.8 cm³/mol. The number of benzene rings is 1. The molecule has 1 heterocycles. The van der Waals surface area contributed by atoms with Gasteiger partial charge in [0.2, 0.25) is 0 Å². The van der Waals surface area contributed by atoms with Gasteiger partial charge in [-0.1, -0.05) is 19.1 Å². The number of hydrogen-bond acceptors (Lipinski definition) is 3. The van der Waals surface area contributed by atoms with Crippen molar-refractivity contribution in [2.45, 2.75) is 13.3 Å². The Hall–Kier alpha value is -2.40. The lowest BCUT2D eigenvalue weighted by Crippen LogP contribution is -2.11. The molecule has 2 rings (SSSR count). The standard InChI is InChI=1S/C16H15NO3S/c1-2-12-9-10-21-15(12)16(20)17-13-6-3-11(4-7-13)5-8-14(18)19/h3-10H,2H2,1H3,(H,17,20)(H,18,19). The fourth-order valence-electron chi connectivity index (χ4n) is 1.85. The smallest absolute Gasteiger partial charge is 0.328 e. The molecule has 0 atom stereocenters. The quantitative estimate of drug-likeness (QED) is 0.828. The first-order valence-electron chi connectivity index (χ1n) is 6.49. The number of carboxylic acids is 1. The number of carbonyl (C=O) groups excluding carboxylic acids is 1. The van der Waals surface area contributed by atoms with Gasteiger partial charge in [0.15, 0.2) is 0 Å². The third-order valence-corrected chi connectivity index (χ3v) is 3.88. The molecule has 0 aliphatic heterocycles. The second kappa shape index (κ2) is 6.85. The molecular formula is C16H15NO3S. The number of carbonyl (C=O) groups is 2. The maximum atomic E-state index is 12.2. The van der Waals surface area contributed by atoms with Crippen molar-refractivity contribution in [3.05, 3.63) is 57.8 Å². The Morgan fingerprint density at radius 2 is 1.95 bits per heavy atom. The lowest BCUT2D eigenvalue weighted by Gasteiger charge is -2.05. The molecule has 2 aromatic rings. The SMILES string of the molecule is CCc1ccsc1C(=O)Nc1ccc(C=CC(=O)O)cc1. The topological polar surface area (TPSA) is 66.4 Å². The van der Waals surface area contributed by atoms with Gasteiger partial charge in [0, 0.05) is 11.8 Å². The van der Waals surface area contributed by atoms with E-state index in [2.05, 4.69) is 5.32 Å². The zero-order chi connectivity index (χ0) is 15.2. The number of nitrogens with one attached hydrogen (secondary N) is 1. The molecule has 2 N–H and O–H groups in total. The summed E-state index contributed by atoms with van der Waals surface area (Å²) in [6.45, 7) is 2.02. The fourth-order valence-corrected chi connectivity index (χ4v) is 2.74. The minimum Gasteiger partial charge on any atom is -0.478 e. The summed E-state index contributed by atoms with van der Waals surface area (Å²) in [6, 6.07) is 8.96. The molecule has 5 heteroatoms. The Kier molecular flexibility index (Phi) is 4.90.